The Balaban J connectivity index is 2.55. The van der Waals surface area contributed by atoms with Crippen LogP contribution in [0.25, 0.3) is 11.3 Å². The minimum atomic E-state index is -0.819. The lowest BCUT2D eigenvalue weighted by Crippen LogP contribution is -2.20. The molecule has 0 aliphatic heterocycles. The summed E-state index contributed by atoms with van der Waals surface area (Å²) in [6.07, 6.45) is 1.05. The van der Waals surface area contributed by atoms with Crippen LogP contribution in [0.1, 0.15) is 38.4 Å². The average molecular weight is 257 g/mol. The van der Waals surface area contributed by atoms with E-state index in [1.165, 1.54) is 5.56 Å². The van der Waals surface area contributed by atoms with Crippen LogP contribution in [0.3, 0.4) is 0 Å². The fourth-order valence-corrected chi connectivity index (χ4v) is 2.12. The number of benzene rings is 1. The molecular weight excluding hydrogens is 236 g/mol. The van der Waals surface area contributed by atoms with Crippen molar-refractivity contribution in [1.29, 1.82) is 0 Å². The SMILES string of the molecule is [CH2]C(O)n1cc(-c2cccc(C)c2)nc1C(C)(C)C. The number of aryl methyl sites for hydroxylation is 1. The van der Waals surface area contributed by atoms with Gasteiger partial charge in [-0.3, -0.25) is 0 Å². The summed E-state index contributed by atoms with van der Waals surface area (Å²) in [6.45, 7) is 12.0. The number of aliphatic hydroxyl groups excluding tert-OH is 1. The van der Waals surface area contributed by atoms with Crippen LogP contribution in [-0.4, -0.2) is 14.7 Å². The molecule has 0 fully saturated rings. The third kappa shape index (κ3) is 2.87. The summed E-state index contributed by atoms with van der Waals surface area (Å²) in [5, 5.41) is 9.79. The lowest BCUT2D eigenvalue weighted by molar-refractivity contribution is 0.144. The maximum absolute atomic E-state index is 9.79. The van der Waals surface area contributed by atoms with E-state index in [1.54, 1.807) is 4.57 Å². The second kappa shape index (κ2) is 4.82. The molecule has 0 bridgehead atoms. The summed E-state index contributed by atoms with van der Waals surface area (Å²) in [4.78, 5) is 4.68. The summed E-state index contributed by atoms with van der Waals surface area (Å²) >= 11 is 0. The Morgan fingerprint density at radius 2 is 2.00 bits per heavy atom. The van der Waals surface area contributed by atoms with Gasteiger partial charge in [-0.15, -0.1) is 0 Å². The first-order valence-electron chi connectivity index (χ1n) is 6.46. The zero-order chi connectivity index (χ0) is 14.2. The zero-order valence-electron chi connectivity index (χ0n) is 12.0. The van der Waals surface area contributed by atoms with Gasteiger partial charge in [0.05, 0.1) is 5.69 Å². The monoisotopic (exact) mass is 257 g/mol. The molecule has 0 amide bonds. The van der Waals surface area contributed by atoms with Crippen LogP contribution in [0.5, 0.6) is 0 Å². The molecule has 2 aromatic rings. The first kappa shape index (κ1) is 13.8. The van der Waals surface area contributed by atoms with Crippen molar-refractivity contribution < 1.29 is 5.11 Å². The molecule has 1 aromatic carbocycles. The summed E-state index contributed by atoms with van der Waals surface area (Å²) in [5.74, 6) is 0.839. The molecule has 1 aromatic heterocycles. The number of nitrogens with zero attached hydrogens (tertiary/aromatic N) is 2. The van der Waals surface area contributed by atoms with Gasteiger partial charge in [0, 0.05) is 17.2 Å². The van der Waals surface area contributed by atoms with E-state index in [1.807, 2.05) is 18.3 Å². The van der Waals surface area contributed by atoms with Gasteiger partial charge >= 0.3 is 0 Å². The third-order valence-electron chi connectivity index (χ3n) is 3.04. The van der Waals surface area contributed by atoms with Gasteiger partial charge in [0.25, 0.3) is 0 Å². The molecule has 1 atom stereocenters. The van der Waals surface area contributed by atoms with Crippen molar-refractivity contribution >= 4 is 0 Å². The van der Waals surface area contributed by atoms with Crippen molar-refractivity contribution in [2.45, 2.75) is 39.3 Å². The minimum absolute atomic E-state index is 0.138. The van der Waals surface area contributed by atoms with Crippen molar-refractivity contribution in [3.8, 4) is 11.3 Å². The Kier molecular flexibility index (Phi) is 3.50. The van der Waals surface area contributed by atoms with Gasteiger partial charge in [-0.05, 0) is 19.9 Å². The lowest BCUT2D eigenvalue weighted by atomic mass is 9.95. The van der Waals surface area contributed by atoms with Gasteiger partial charge in [-0.1, -0.05) is 44.5 Å². The standard InChI is InChI=1S/C16H21N2O/c1-11-7-6-8-13(9-11)14-10-18(12(2)19)15(17-14)16(3,4)5/h6-10,12,19H,2H2,1,3-5H3. The molecular formula is C16H21N2O. The maximum Gasteiger partial charge on any atom is 0.132 e. The highest BCUT2D eigenvalue weighted by Gasteiger charge is 2.23. The lowest BCUT2D eigenvalue weighted by Gasteiger charge is -2.20. The summed E-state index contributed by atoms with van der Waals surface area (Å²) in [7, 11) is 0. The van der Waals surface area contributed by atoms with E-state index in [-0.39, 0.29) is 5.41 Å². The normalized spacial score (nSPS) is 13.6. The number of aromatic nitrogens is 2. The number of aliphatic hydroxyl groups is 1. The van der Waals surface area contributed by atoms with Crippen LogP contribution < -0.4 is 0 Å². The number of rotatable bonds is 2. The Labute approximate surface area is 114 Å². The highest BCUT2D eigenvalue weighted by Crippen LogP contribution is 2.28. The molecule has 3 nitrogen and oxygen atoms in total. The van der Waals surface area contributed by atoms with E-state index in [0.717, 1.165) is 17.1 Å². The Morgan fingerprint density at radius 1 is 1.32 bits per heavy atom. The molecule has 0 aliphatic rings. The maximum atomic E-state index is 9.79. The first-order chi connectivity index (χ1) is 8.79. The van der Waals surface area contributed by atoms with E-state index in [9.17, 15) is 5.11 Å². The van der Waals surface area contributed by atoms with Crippen molar-refractivity contribution in [3.05, 3.63) is 48.8 Å². The molecule has 1 radical (unpaired) electrons. The van der Waals surface area contributed by atoms with Crippen molar-refractivity contribution in [2.24, 2.45) is 0 Å². The fraction of sp³-hybridized carbons (Fsp3) is 0.375. The molecule has 0 saturated carbocycles. The van der Waals surface area contributed by atoms with Crippen LogP contribution in [0.4, 0.5) is 0 Å². The summed E-state index contributed by atoms with van der Waals surface area (Å²) < 4.78 is 1.73. The minimum Gasteiger partial charge on any atom is -0.373 e. The van der Waals surface area contributed by atoms with Crippen LogP contribution in [0.15, 0.2) is 30.5 Å². The second-order valence-corrected chi connectivity index (χ2v) is 5.96. The van der Waals surface area contributed by atoms with Crippen molar-refractivity contribution in [3.63, 3.8) is 0 Å². The molecule has 1 heterocycles. The predicted molar refractivity (Wildman–Crippen MR) is 77.7 cm³/mol. The third-order valence-corrected chi connectivity index (χ3v) is 3.04. The van der Waals surface area contributed by atoms with Crippen LogP contribution >= 0.6 is 0 Å². The Hall–Kier alpha value is -1.61. The summed E-state index contributed by atoms with van der Waals surface area (Å²) in [6, 6.07) is 8.19. The van der Waals surface area contributed by atoms with Gasteiger partial charge < -0.3 is 9.67 Å². The second-order valence-electron chi connectivity index (χ2n) is 5.96. The van der Waals surface area contributed by atoms with Gasteiger partial charge in [-0.2, -0.15) is 0 Å². The van der Waals surface area contributed by atoms with Gasteiger partial charge in [0.2, 0.25) is 0 Å². The van der Waals surface area contributed by atoms with Crippen LogP contribution in [-0.2, 0) is 5.41 Å². The molecule has 0 saturated heterocycles. The molecule has 101 valence electrons. The van der Waals surface area contributed by atoms with Crippen LogP contribution in [0.2, 0.25) is 0 Å². The number of hydrogen-bond acceptors (Lipinski definition) is 2. The smallest absolute Gasteiger partial charge is 0.132 e. The Morgan fingerprint density at radius 3 is 2.47 bits per heavy atom. The largest absolute Gasteiger partial charge is 0.373 e. The number of hydrogen-bond donors (Lipinski definition) is 1. The van der Waals surface area contributed by atoms with E-state index in [4.69, 9.17) is 0 Å². The zero-order valence-corrected chi connectivity index (χ0v) is 12.0. The molecule has 2 rings (SSSR count). The molecule has 1 N–H and O–H groups in total. The van der Waals surface area contributed by atoms with Crippen LogP contribution in [0, 0.1) is 13.8 Å². The van der Waals surface area contributed by atoms with E-state index >= 15 is 0 Å². The molecule has 3 heteroatoms. The molecule has 0 aliphatic carbocycles. The van der Waals surface area contributed by atoms with Gasteiger partial charge in [0.1, 0.15) is 12.1 Å². The van der Waals surface area contributed by atoms with Crippen molar-refractivity contribution in [1.82, 2.24) is 9.55 Å². The highest BCUT2D eigenvalue weighted by molar-refractivity contribution is 5.59. The average Bonchev–Trinajstić information content (AvgIpc) is 2.73. The summed E-state index contributed by atoms with van der Waals surface area (Å²) in [5.41, 5.74) is 2.99. The Bertz CT molecular complexity index is 577. The van der Waals surface area contributed by atoms with Crippen molar-refractivity contribution in [2.75, 3.05) is 0 Å². The number of imidazole rings is 1. The topological polar surface area (TPSA) is 38.0 Å². The molecule has 0 spiro atoms. The van der Waals surface area contributed by atoms with E-state index in [0.29, 0.717) is 0 Å². The quantitative estimate of drug-likeness (QED) is 0.894. The fourth-order valence-electron chi connectivity index (χ4n) is 2.12. The molecule has 1 unspecified atom stereocenters. The van der Waals surface area contributed by atoms with Gasteiger partial charge in [0.15, 0.2) is 0 Å². The molecule has 19 heavy (non-hydrogen) atoms. The highest BCUT2D eigenvalue weighted by atomic mass is 16.3. The predicted octanol–water partition coefficient (Wildman–Crippen LogP) is 3.48. The van der Waals surface area contributed by atoms with E-state index < -0.39 is 6.23 Å². The first-order valence-corrected chi connectivity index (χ1v) is 6.46. The van der Waals surface area contributed by atoms with E-state index in [2.05, 4.69) is 51.7 Å². The van der Waals surface area contributed by atoms with Gasteiger partial charge in [-0.25, -0.2) is 4.98 Å².